The lowest BCUT2D eigenvalue weighted by atomic mass is 10.2. The molecule has 2 nitrogen and oxygen atoms in total. The second kappa shape index (κ2) is 7.17. The van der Waals surface area contributed by atoms with Gasteiger partial charge in [-0.15, -0.1) is 18.8 Å². The molecule has 3 heteroatoms. The zero-order chi connectivity index (χ0) is 10.4. The molecule has 0 fully saturated rings. The fraction of sp³-hybridized carbons (Fsp3) is 0.333. The summed E-state index contributed by atoms with van der Waals surface area (Å²) in [7, 11) is 4.07. The van der Waals surface area contributed by atoms with Crippen LogP contribution in [0.3, 0.4) is 0 Å². The SMILES string of the molecule is C#CCNCc1ccc(N(C)C)cc1.Cl. The van der Waals surface area contributed by atoms with Gasteiger partial charge in [-0.3, -0.25) is 0 Å². The highest BCUT2D eigenvalue weighted by Gasteiger charge is 1.95. The highest BCUT2D eigenvalue weighted by atomic mass is 35.5. The summed E-state index contributed by atoms with van der Waals surface area (Å²) in [4.78, 5) is 2.08. The summed E-state index contributed by atoms with van der Waals surface area (Å²) < 4.78 is 0. The van der Waals surface area contributed by atoms with Gasteiger partial charge in [-0.25, -0.2) is 0 Å². The molecule has 0 heterocycles. The van der Waals surface area contributed by atoms with E-state index < -0.39 is 0 Å². The quantitative estimate of drug-likeness (QED) is 0.621. The summed E-state index contributed by atoms with van der Waals surface area (Å²) in [5.74, 6) is 2.55. The Kier molecular flexibility index (Phi) is 6.61. The van der Waals surface area contributed by atoms with Crippen molar-refractivity contribution in [3.05, 3.63) is 29.8 Å². The Bertz CT molecular complexity index is 311. The fourth-order valence-corrected chi connectivity index (χ4v) is 1.19. The average molecular weight is 225 g/mol. The molecular formula is C12H17ClN2. The van der Waals surface area contributed by atoms with E-state index in [1.54, 1.807) is 0 Å². The van der Waals surface area contributed by atoms with Crippen molar-refractivity contribution in [3.63, 3.8) is 0 Å². The van der Waals surface area contributed by atoms with Crippen molar-refractivity contribution in [1.82, 2.24) is 5.32 Å². The number of terminal acetylenes is 1. The van der Waals surface area contributed by atoms with Crippen molar-refractivity contribution < 1.29 is 0 Å². The first-order chi connectivity index (χ1) is 6.74. The summed E-state index contributed by atoms with van der Waals surface area (Å²) in [6, 6.07) is 8.43. The van der Waals surface area contributed by atoms with E-state index in [-0.39, 0.29) is 12.4 Å². The maximum atomic E-state index is 5.14. The van der Waals surface area contributed by atoms with Gasteiger partial charge in [0.2, 0.25) is 0 Å². The van der Waals surface area contributed by atoms with Crippen LogP contribution in [0.25, 0.3) is 0 Å². The maximum absolute atomic E-state index is 5.14. The number of benzene rings is 1. The van der Waals surface area contributed by atoms with Crippen LogP contribution >= 0.6 is 12.4 Å². The fourth-order valence-electron chi connectivity index (χ4n) is 1.19. The molecular weight excluding hydrogens is 208 g/mol. The molecule has 0 spiro atoms. The van der Waals surface area contributed by atoms with Gasteiger partial charge >= 0.3 is 0 Å². The van der Waals surface area contributed by atoms with Crippen LogP contribution < -0.4 is 10.2 Å². The molecule has 0 atom stereocenters. The number of hydrogen-bond donors (Lipinski definition) is 1. The molecule has 0 amide bonds. The van der Waals surface area contributed by atoms with E-state index in [9.17, 15) is 0 Å². The third kappa shape index (κ3) is 4.73. The zero-order valence-corrected chi connectivity index (χ0v) is 9.97. The van der Waals surface area contributed by atoms with Gasteiger partial charge in [0.25, 0.3) is 0 Å². The lowest BCUT2D eigenvalue weighted by Gasteiger charge is -2.12. The van der Waals surface area contributed by atoms with Gasteiger partial charge in [0.15, 0.2) is 0 Å². The van der Waals surface area contributed by atoms with E-state index in [0.29, 0.717) is 6.54 Å². The lowest BCUT2D eigenvalue weighted by molar-refractivity contribution is 0.770. The third-order valence-corrected chi connectivity index (χ3v) is 2.01. The van der Waals surface area contributed by atoms with Gasteiger partial charge in [0, 0.05) is 26.3 Å². The van der Waals surface area contributed by atoms with Crippen LogP contribution in [-0.2, 0) is 6.54 Å². The molecule has 0 aliphatic carbocycles. The molecule has 0 aliphatic heterocycles. The summed E-state index contributed by atoms with van der Waals surface area (Å²) in [6.07, 6.45) is 5.14. The summed E-state index contributed by atoms with van der Waals surface area (Å²) in [6.45, 7) is 1.45. The second-order valence-electron chi connectivity index (χ2n) is 3.37. The minimum Gasteiger partial charge on any atom is -0.378 e. The smallest absolute Gasteiger partial charge is 0.0576 e. The first kappa shape index (κ1) is 13.8. The predicted molar refractivity (Wildman–Crippen MR) is 68.6 cm³/mol. The van der Waals surface area contributed by atoms with Crippen molar-refractivity contribution in [2.24, 2.45) is 0 Å². The Morgan fingerprint density at radius 2 is 1.87 bits per heavy atom. The number of anilines is 1. The number of nitrogens with zero attached hydrogens (tertiary/aromatic N) is 1. The maximum Gasteiger partial charge on any atom is 0.0576 e. The van der Waals surface area contributed by atoms with Crippen LogP contribution in [0.2, 0.25) is 0 Å². The molecule has 15 heavy (non-hydrogen) atoms. The number of halogens is 1. The van der Waals surface area contributed by atoms with Crippen LogP contribution in [0.15, 0.2) is 24.3 Å². The van der Waals surface area contributed by atoms with Gasteiger partial charge < -0.3 is 10.2 Å². The molecule has 0 aromatic heterocycles. The van der Waals surface area contributed by atoms with Gasteiger partial charge in [-0.1, -0.05) is 18.1 Å². The number of hydrogen-bond acceptors (Lipinski definition) is 2. The predicted octanol–water partition coefficient (Wildman–Crippen LogP) is 1.90. The Morgan fingerprint density at radius 1 is 1.27 bits per heavy atom. The highest BCUT2D eigenvalue weighted by molar-refractivity contribution is 5.85. The molecule has 0 aliphatic rings. The van der Waals surface area contributed by atoms with E-state index in [4.69, 9.17) is 6.42 Å². The molecule has 0 saturated heterocycles. The van der Waals surface area contributed by atoms with Gasteiger partial charge in [0.1, 0.15) is 0 Å². The van der Waals surface area contributed by atoms with E-state index in [2.05, 4.69) is 40.4 Å². The monoisotopic (exact) mass is 224 g/mol. The Balaban J connectivity index is 0.00000196. The first-order valence-corrected chi connectivity index (χ1v) is 4.64. The normalized spacial score (nSPS) is 8.87. The van der Waals surface area contributed by atoms with Crippen LogP contribution in [-0.4, -0.2) is 20.6 Å². The van der Waals surface area contributed by atoms with Crippen molar-refractivity contribution >= 4 is 18.1 Å². The van der Waals surface area contributed by atoms with E-state index in [1.165, 1.54) is 11.3 Å². The summed E-state index contributed by atoms with van der Waals surface area (Å²) in [5, 5.41) is 3.15. The van der Waals surface area contributed by atoms with E-state index in [0.717, 1.165) is 6.54 Å². The molecule has 1 aromatic carbocycles. The Morgan fingerprint density at radius 3 is 2.33 bits per heavy atom. The topological polar surface area (TPSA) is 15.3 Å². The molecule has 0 saturated carbocycles. The first-order valence-electron chi connectivity index (χ1n) is 4.64. The van der Waals surface area contributed by atoms with Gasteiger partial charge in [-0.05, 0) is 17.7 Å². The van der Waals surface area contributed by atoms with Gasteiger partial charge in [0.05, 0.1) is 6.54 Å². The minimum absolute atomic E-state index is 0. The van der Waals surface area contributed by atoms with Crippen LogP contribution in [0, 0.1) is 12.3 Å². The minimum atomic E-state index is 0. The standard InChI is InChI=1S/C12H16N2.ClH/c1-4-9-13-10-11-5-7-12(8-6-11)14(2)3;/h1,5-8,13H,9-10H2,2-3H3;1H. The van der Waals surface area contributed by atoms with Crippen LogP contribution in [0.4, 0.5) is 5.69 Å². The number of rotatable bonds is 4. The van der Waals surface area contributed by atoms with Crippen molar-refractivity contribution in [1.29, 1.82) is 0 Å². The van der Waals surface area contributed by atoms with Crippen molar-refractivity contribution in [3.8, 4) is 12.3 Å². The van der Waals surface area contributed by atoms with E-state index in [1.807, 2.05) is 14.1 Å². The van der Waals surface area contributed by atoms with Crippen LogP contribution in [0.1, 0.15) is 5.56 Å². The van der Waals surface area contributed by atoms with Crippen molar-refractivity contribution in [2.75, 3.05) is 25.5 Å². The summed E-state index contributed by atoms with van der Waals surface area (Å²) >= 11 is 0. The lowest BCUT2D eigenvalue weighted by Crippen LogP contribution is -2.13. The van der Waals surface area contributed by atoms with Crippen LogP contribution in [0.5, 0.6) is 0 Å². The molecule has 82 valence electrons. The zero-order valence-electron chi connectivity index (χ0n) is 9.16. The molecule has 0 bridgehead atoms. The average Bonchev–Trinajstić information content (AvgIpc) is 2.19. The largest absolute Gasteiger partial charge is 0.378 e. The van der Waals surface area contributed by atoms with E-state index >= 15 is 0 Å². The summed E-state index contributed by atoms with van der Waals surface area (Å²) in [5.41, 5.74) is 2.47. The third-order valence-electron chi connectivity index (χ3n) is 2.01. The number of nitrogens with one attached hydrogen (secondary N) is 1. The highest BCUT2D eigenvalue weighted by Crippen LogP contribution is 2.11. The van der Waals surface area contributed by atoms with Gasteiger partial charge in [-0.2, -0.15) is 0 Å². The molecule has 1 aromatic rings. The molecule has 1 rings (SSSR count). The molecule has 0 radical (unpaired) electrons. The second-order valence-corrected chi connectivity index (χ2v) is 3.37. The molecule has 0 unspecified atom stereocenters. The Hall–Kier alpha value is -1.17. The van der Waals surface area contributed by atoms with Crippen molar-refractivity contribution in [2.45, 2.75) is 6.54 Å². The molecule has 1 N–H and O–H groups in total. The Labute approximate surface area is 98.1 Å².